The lowest BCUT2D eigenvalue weighted by atomic mass is 9.83. The minimum atomic E-state index is -0.346. The van der Waals surface area contributed by atoms with E-state index < -0.39 is 0 Å². The van der Waals surface area contributed by atoms with E-state index in [1.54, 1.807) is 12.1 Å². The number of hydrogen-bond acceptors (Lipinski definition) is 2. The van der Waals surface area contributed by atoms with Gasteiger partial charge in [0.2, 0.25) is 0 Å². The van der Waals surface area contributed by atoms with Crippen LogP contribution in [0.25, 0.3) is 5.57 Å². The summed E-state index contributed by atoms with van der Waals surface area (Å²) >= 11 is 0. The van der Waals surface area contributed by atoms with Crippen molar-refractivity contribution in [1.82, 2.24) is 0 Å². The van der Waals surface area contributed by atoms with Gasteiger partial charge < -0.3 is 0 Å². The zero-order chi connectivity index (χ0) is 17.9. The quantitative estimate of drug-likeness (QED) is 0.435. The molecule has 0 spiro atoms. The SMILES string of the molecule is O=[N+]([O-])c1ccc([C@@H]2CC(c3ccccc3)=C[C@H]2c2ccccc2)cc1. The van der Waals surface area contributed by atoms with Crippen LogP contribution < -0.4 is 0 Å². The Labute approximate surface area is 152 Å². The fourth-order valence-corrected chi connectivity index (χ4v) is 3.80. The fraction of sp³-hybridized carbons (Fsp3) is 0.130. The van der Waals surface area contributed by atoms with Crippen LogP contribution in [0.5, 0.6) is 0 Å². The van der Waals surface area contributed by atoms with E-state index in [9.17, 15) is 10.1 Å². The monoisotopic (exact) mass is 341 g/mol. The van der Waals surface area contributed by atoms with Crippen LogP contribution in [0.1, 0.15) is 34.9 Å². The average molecular weight is 341 g/mol. The summed E-state index contributed by atoms with van der Waals surface area (Å²) in [6.45, 7) is 0. The van der Waals surface area contributed by atoms with Gasteiger partial charge in [-0.15, -0.1) is 0 Å². The number of nitrogens with zero attached hydrogens (tertiary/aromatic N) is 1. The lowest BCUT2D eigenvalue weighted by molar-refractivity contribution is -0.384. The predicted octanol–water partition coefficient (Wildman–Crippen LogP) is 5.95. The van der Waals surface area contributed by atoms with Crippen LogP contribution in [-0.2, 0) is 0 Å². The lowest BCUT2D eigenvalue weighted by Crippen LogP contribution is -2.05. The van der Waals surface area contributed by atoms with Crippen molar-refractivity contribution in [3.63, 3.8) is 0 Å². The Morgan fingerprint density at radius 1 is 0.769 bits per heavy atom. The first kappa shape index (κ1) is 16.3. The highest BCUT2D eigenvalue weighted by molar-refractivity contribution is 5.71. The second-order valence-corrected chi connectivity index (χ2v) is 6.65. The van der Waals surface area contributed by atoms with Gasteiger partial charge in [-0.25, -0.2) is 0 Å². The minimum absolute atomic E-state index is 0.138. The van der Waals surface area contributed by atoms with Gasteiger partial charge in [-0.3, -0.25) is 10.1 Å². The number of benzene rings is 3. The molecule has 3 heteroatoms. The van der Waals surface area contributed by atoms with Gasteiger partial charge in [0.05, 0.1) is 4.92 Å². The molecule has 2 atom stereocenters. The first-order chi connectivity index (χ1) is 12.7. The molecule has 0 radical (unpaired) electrons. The molecular weight excluding hydrogens is 322 g/mol. The Bertz CT molecular complexity index is 931. The molecule has 0 aliphatic heterocycles. The molecule has 0 amide bonds. The summed E-state index contributed by atoms with van der Waals surface area (Å²) in [4.78, 5) is 10.6. The van der Waals surface area contributed by atoms with E-state index in [0.717, 1.165) is 12.0 Å². The summed E-state index contributed by atoms with van der Waals surface area (Å²) in [5.41, 5.74) is 5.15. The average Bonchev–Trinajstić information content (AvgIpc) is 3.15. The molecule has 0 saturated carbocycles. The summed E-state index contributed by atoms with van der Waals surface area (Å²) in [5, 5.41) is 11.0. The Kier molecular flexibility index (Phi) is 4.36. The Hall–Kier alpha value is -3.20. The molecule has 0 bridgehead atoms. The number of nitro benzene ring substituents is 1. The van der Waals surface area contributed by atoms with E-state index >= 15 is 0 Å². The number of hydrogen-bond donors (Lipinski definition) is 0. The number of allylic oxidation sites excluding steroid dienone is 2. The van der Waals surface area contributed by atoms with Gasteiger partial charge in [-0.1, -0.05) is 78.9 Å². The summed E-state index contributed by atoms with van der Waals surface area (Å²) in [7, 11) is 0. The van der Waals surface area contributed by atoms with Crippen molar-refractivity contribution in [2.45, 2.75) is 18.3 Å². The van der Waals surface area contributed by atoms with Crippen LogP contribution in [0.2, 0.25) is 0 Å². The Balaban J connectivity index is 1.72. The van der Waals surface area contributed by atoms with Gasteiger partial charge in [0.15, 0.2) is 0 Å². The van der Waals surface area contributed by atoms with E-state index in [1.165, 1.54) is 16.7 Å². The normalized spacial score (nSPS) is 19.2. The standard InChI is InChI=1S/C23H19NO2/c25-24(26)21-13-11-19(12-14-21)23-16-20(17-7-3-1-4-8-17)15-22(23)18-9-5-2-6-10-18/h1-15,22-23H,16H2/t22-,23-/m0/s1. The molecule has 0 aromatic heterocycles. The highest BCUT2D eigenvalue weighted by Gasteiger charge is 2.30. The highest BCUT2D eigenvalue weighted by atomic mass is 16.6. The molecule has 1 aliphatic carbocycles. The van der Waals surface area contributed by atoms with Crippen LogP contribution in [0, 0.1) is 10.1 Å². The number of non-ortho nitro benzene ring substituents is 1. The molecule has 3 aromatic rings. The highest BCUT2D eigenvalue weighted by Crippen LogP contribution is 2.47. The van der Waals surface area contributed by atoms with Crippen molar-refractivity contribution in [3.8, 4) is 0 Å². The zero-order valence-electron chi connectivity index (χ0n) is 14.3. The van der Waals surface area contributed by atoms with Crippen LogP contribution in [0.3, 0.4) is 0 Å². The molecule has 3 nitrogen and oxygen atoms in total. The van der Waals surface area contributed by atoms with Gasteiger partial charge >= 0.3 is 0 Å². The number of rotatable bonds is 4. The molecule has 1 aliphatic rings. The second kappa shape index (κ2) is 6.96. The van der Waals surface area contributed by atoms with E-state index in [-0.39, 0.29) is 22.4 Å². The maximum Gasteiger partial charge on any atom is 0.269 e. The van der Waals surface area contributed by atoms with Crippen molar-refractivity contribution in [2.24, 2.45) is 0 Å². The third-order valence-corrected chi connectivity index (χ3v) is 5.12. The van der Waals surface area contributed by atoms with Crippen molar-refractivity contribution < 1.29 is 4.92 Å². The molecule has 4 rings (SSSR count). The van der Waals surface area contributed by atoms with E-state index in [0.29, 0.717) is 0 Å². The first-order valence-electron chi connectivity index (χ1n) is 8.78. The molecule has 0 saturated heterocycles. The maximum absolute atomic E-state index is 11.0. The lowest BCUT2D eigenvalue weighted by Gasteiger charge is -2.20. The topological polar surface area (TPSA) is 43.1 Å². The Morgan fingerprint density at radius 3 is 2.00 bits per heavy atom. The van der Waals surface area contributed by atoms with Crippen LogP contribution in [0.4, 0.5) is 5.69 Å². The summed E-state index contributed by atoms with van der Waals surface area (Å²) in [5.74, 6) is 0.557. The van der Waals surface area contributed by atoms with Gasteiger partial charge in [-0.05, 0) is 34.6 Å². The van der Waals surface area contributed by atoms with Gasteiger partial charge in [0, 0.05) is 18.1 Å². The van der Waals surface area contributed by atoms with E-state index in [4.69, 9.17) is 0 Å². The molecule has 128 valence electrons. The zero-order valence-corrected chi connectivity index (χ0v) is 14.3. The minimum Gasteiger partial charge on any atom is -0.258 e. The molecule has 0 unspecified atom stereocenters. The fourth-order valence-electron chi connectivity index (χ4n) is 3.80. The molecule has 0 heterocycles. The van der Waals surface area contributed by atoms with Crippen molar-refractivity contribution in [1.29, 1.82) is 0 Å². The Morgan fingerprint density at radius 2 is 1.38 bits per heavy atom. The smallest absolute Gasteiger partial charge is 0.258 e. The van der Waals surface area contributed by atoms with Crippen LogP contribution >= 0.6 is 0 Å². The van der Waals surface area contributed by atoms with E-state index in [2.05, 4.69) is 54.6 Å². The third kappa shape index (κ3) is 3.16. The third-order valence-electron chi connectivity index (χ3n) is 5.12. The molecule has 0 N–H and O–H groups in total. The first-order valence-corrected chi connectivity index (χ1v) is 8.78. The molecule has 0 fully saturated rings. The van der Waals surface area contributed by atoms with Crippen LogP contribution in [-0.4, -0.2) is 4.92 Å². The second-order valence-electron chi connectivity index (χ2n) is 6.65. The van der Waals surface area contributed by atoms with E-state index in [1.807, 2.05) is 24.3 Å². The summed E-state index contributed by atoms with van der Waals surface area (Å²) < 4.78 is 0. The summed E-state index contributed by atoms with van der Waals surface area (Å²) in [6, 6.07) is 28.0. The van der Waals surface area contributed by atoms with Crippen molar-refractivity contribution in [2.75, 3.05) is 0 Å². The van der Waals surface area contributed by atoms with Gasteiger partial charge in [0.25, 0.3) is 5.69 Å². The van der Waals surface area contributed by atoms with Crippen molar-refractivity contribution in [3.05, 3.63) is 118 Å². The van der Waals surface area contributed by atoms with Crippen molar-refractivity contribution >= 4 is 11.3 Å². The maximum atomic E-state index is 11.0. The van der Waals surface area contributed by atoms with Gasteiger partial charge in [-0.2, -0.15) is 0 Å². The number of nitro groups is 1. The molecular formula is C23H19NO2. The molecule has 26 heavy (non-hydrogen) atoms. The van der Waals surface area contributed by atoms with Gasteiger partial charge in [0.1, 0.15) is 0 Å². The summed E-state index contributed by atoms with van der Waals surface area (Å²) in [6.07, 6.45) is 3.29. The van der Waals surface area contributed by atoms with Crippen LogP contribution in [0.15, 0.2) is 91.0 Å². The largest absolute Gasteiger partial charge is 0.269 e. The predicted molar refractivity (Wildman–Crippen MR) is 104 cm³/mol. The molecule has 3 aromatic carbocycles.